The first-order chi connectivity index (χ1) is 7.28. The topological polar surface area (TPSA) is 86.7 Å². The van der Waals surface area contributed by atoms with Crippen LogP contribution in [0.3, 0.4) is 0 Å². The Hall–Kier alpha value is -1.63. The van der Waals surface area contributed by atoms with Crippen LogP contribution < -0.4 is 0 Å². The van der Waals surface area contributed by atoms with Gasteiger partial charge >= 0.3 is 22.1 Å². The zero-order valence-electron chi connectivity index (χ0n) is 8.76. The first-order valence-corrected chi connectivity index (χ1v) is 5.77. The molecule has 0 amide bonds. The van der Waals surface area contributed by atoms with Crippen molar-refractivity contribution in [3.63, 3.8) is 0 Å². The number of carbonyl (C=O) groups is 2. The van der Waals surface area contributed by atoms with Crippen LogP contribution in [0.4, 0.5) is 0 Å². The maximum Gasteiger partial charge on any atom is 0.345 e. The molecule has 0 radical (unpaired) electrons. The van der Waals surface area contributed by atoms with Crippen LogP contribution in [0.25, 0.3) is 0 Å². The van der Waals surface area contributed by atoms with E-state index >= 15 is 0 Å². The summed E-state index contributed by atoms with van der Waals surface area (Å²) in [6.07, 6.45) is 0.720. The minimum absolute atomic E-state index is 0.153. The van der Waals surface area contributed by atoms with Crippen molar-refractivity contribution in [1.82, 2.24) is 0 Å². The molecule has 0 spiro atoms. The van der Waals surface area contributed by atoms with E-state index in [0.717, 1.165) is 6.08 Å². The monoisotopic (exact) mass is 248 g/mol. The van der Waals surface area contributed by atoms with E-state index in [4.69, 9.17) is 0 Å². The fourth-order valence-corrected chi connectivity index (χ4v) is 1.25. The minimum Gasteiger partial charge on any atom is -0.461 e. The molecule has 0 saturated carbocycles. The van der Waals surface area contributed by atoms with Crippen molar-refractivity contribution < 1.29 is 26.9 Å². The molecule has 6 nitrogen and oxygen atoms in total. The lowest BCUT2D eigenvalue weighted by Crippen LogP contribution is -2.19. The molecule has 0 bridgehead atoms. The van der Waals surface area contributed by atoms with E-state index in [2.05, 4.69) is 22.1 Å². The zero-order valence-corrected chi connectivity index (χ0v) is 9.58. The van der Waals surface area contributed by atoms with Gasteiger partial charge in [0, 0.05) is 11.6 Å². The molecule has 0 unspecified atom stereocenters. The van der Waals surface area contributed by atoms with Gasteiger partial charge in [-0.3, -0.25) is 0 Å². The summed E-state index contributed by atoms with van der Waals surface area (Å²) in [5, 5.41) is 0. The standard InChI is InChI=1S/C9H12O6S/c1-4-8(10)15-16(12,13)6-5-14-9(11)7(2)3/h4H,1-2,5-6H2,3H3. The van der Waals surface area contributed by atoms with E-state index in [-0.39, 0.29) is 5.57 Å². The first-order valence-electron chi connectivity index (χ1n) is 4.19. The van der Waals surface area contributed by atoms with Gasteiger partial charge in [-0.2, -0.15) is 8.42 Å². The average Bonchev–Trinajstić information content (AvgIpc) is 2.16. The summed E-state index contributed by atoms with van der Waals surface area (Å²) in [5.41, 5.74) is 0.153. The number of hydrogen-bond donors (Lipinski definition) is 0. The van der Waals surface area contributed by atoms with Gasteiger partial charge in [-0.05, 0) is 6.92 Å². The van der Waals surface area contributed by atoms with E-state index in [1.54, 1.807) is 0 Å². The van der Waals surface area contributed by atoms with Crippen molar-refractivity contribution in [3.05, 3.63) is 24.8 Å². The van der Waals surface area contributed by atoms with Crippen molar-refractivity contribution in [1.29, 1.82) is 0 Å². The molecule has 90 valence electrons. The SMILES string of the molecule is C=CC(=O)OS(=O)(=O)CCOC(=O)C(=C)C. The molecule has 7 heteroatoms. The number of hydrogen-bond acceptors (Lipinski definition) is 6. The summed E-state index contributed by atoms with van der Waals surface area (Å²) in [6.45, 7) is 7.37. The first kappa shape index (κ1) is 14.4. The minimum atomic E-state index is -4.04. The van der Waals surface area contributed by atoms with Crippen molar-refractivity contribution >= 4 is 22.1 Å². The molecule has 16 heavy (non-hydrogen) atoms. The number of esters is 1. The second-order valence-electron chi connectivity index (χ2n) is 2.78. The third-order valence-electron chi connectivity index (χ3n) is 1.29. The molecule has 0 aromatic carbocycles. The van der Waals surface area contributed by atoms with Crippen molar-refractivity contribution in [3.8, 4) is 0 Å². The highest BCUT2D eigenvalue weighted by molar-refractivity contribution is 7.87. The van der Waals surface area contributed by atoms with Crippen LogP contribution in [0.15, 0.2) is 24.8 Å². The van der Waals surface area contributed by atoms with Gasteiger partial charge in [0.05, 0.1) is 0 Å². The van der Waals surface area contributed by atoms with Gasteiger partial charge in [0.2, 0.25) is 0 Å². The molecule has 0 atom stereocenters. The molecule has 0 aliphatic heterocycles. The Bertz CT molecular complexity index is 406. The Morgan fingerprint density at radius 2 is 1.94 bits per heavy atom. The number of rotatable bonds is 6. The molecule has 0 rings (SSSR count). The normalized spacial score (nSPS) is 10.3. The molecule has 0 saturated heterocycles. The van der Waals surface area contributed by atoms with E-state index in [1.165, 1.54) is 6.92 Å². The maximum absolute atomic E-state index is 11.0. The summed E-state index contributed by atoms with van der Waals surface area (Å²) >= 11 is 0. The highest BCUT2D eigenvalue weighted by Gasteiger charge is 2.16. The van der Waals surface area contributed by atoms with E-state index in [0.29, 0.717) is 0 Å². The van der Waals surface area contributed by atoms with Crippen LogP contribution in [0, 0.1) is 0 Å². The molecule has 0 aromatic rings. The fourth-order valence-electron chi connectivity index (χ4n) is 0.560. The molecule has 0 aromatic heterocycles. The van der Waals surface area contributed by atoms with E-state index < -0.39 is 34.4 Å². The van der Waals surface area contributed by atoms with Gasteiger partial charge < -0.3 is 8.92 Å². The lowest BCUT2D eigenvalue weighted by molar-refractivity contribution is -0.138. The lowest BCUT2D eigenvalue weighted by atomic mass is 10.4. The fraction of sp³-hybridized carbons (Fsp3) is 0.333. The van der Waals surface area contributed by atoms with Crippen LogP contribution in [-0.2, 0) is 28.6 Å². The van der Waals surface area contributed by atoms with Crippen LogP contribution in [0.2, 0.25) is 0 Å². The van der Waals surface area contributed by atoms with Crippen LogP contribution in [-0.4, -0.2) is 32.7 Å². The molecular weight excluding hydrogens is 236 g/mol. The summed E-state index contributed by atoms with van der Waals surface area (Å²) in [4.78, 5) is 21.5. The second kappa shape index (κ2) is 6.06. The second-order valence-corrected chi connectivity index (χ2v) is 4.47. The van der Waals surface area contributed by atoms with Gasteiger partial charge in [-0.25, -0.2) is 9.59 Å². The highest BCUT2D eigenvalue weighted by Crippen LogP contribution is 1.97. The third kappa shape index (κ3) is 5.97. The summed E-state index contributed by atoms with van der Waals surface area (Å²) in [6, 6.07) is 0. The number of carbonyl (C=O) groups excluding carboxylic acids is 2. The van der Waals surface area contributed by atoms with Gasteiger partial charge in [-0.15, -0.1) is 0 Å². The lowest BCUT2D eigenvalue weighted by Gasteiger charge is -2.04. The Morgan fingerprint density at radius 1 is 1.38 bits per heavy atom. The predicted octanol–water partition coefficient (Wildman–Crippen LogP) is 0.165. The summed E-state index contributed by atoms with van der Waals surface area (Å²) in [7, 11) is -4.04. The Balaban J connectivity index is 4.11. The van der Waals surface area contributed by atoms with E-state index in [9.17, 15) is 18.0 Å². The van der Waals surface area contributed by atoms with Crippen molar-refractivity contribution in [2.75, 3.05) is 12.4 Å². The molecule has 0 N–H and O–H groups in total. The number of ether oxygens (including phenoxy) is 1. The van der Waals surface area contributed by atoms with Crippen molar-refractivity contribution in [2.24, 2.45) is 0 Å². The molecule has 0 aliphatic rings. The van der Waals surface area contributed by atoms with Gasteiger partial charge in [-0.1, -0.05) is 13.2 Å². The van der Waals surface area contributed by atoms with Gasteiger partial charge in [0.1, 0.15) is 12.4 Å². The molecule has 0 heterocycles. The quantitative estimate of drug-likeness (QED) is 0.378. The molecule has 0 fully saturated rings. The average molecular weight is 248 g/mol. The highest BCUT2D eigenvalue weighted by atomic mass is 32.2. The summed E-state index contributed by atoms with van der Waals surface area (Å²) in [5.74, 6) is -2.39. The van der Waals surface area contributed by atoms with Gasteiger partial charge in [0.25, 0.3) is 0 Å². The third-order valence-corrected chi connectivity index (χ3v) is 2.38. The van der Waals surface area contributed by atoms with Crippen LogP contribution >= 0.6 is 0 Å². The Labute approximate surface area is 93.7 Å². The largest absolute Gasteiger partial charge is 0.461 e. The van der Waals surface area contributed by atoms with Crippen LogP contribution in [0.5, 0.6) is 0 Å². The van der Waals surface area contributed by atoms with E-state index in [1.807, 2.05) is 0 Å². The Morgan fingerprint density at radius 3 is 2.38 bits per heavy atom. The summed E-state index contributed by atoms with van der Waals surface area (Å²) < 4.78 is 30.6. The molecule has 0 aliphatic carbocycles. The molecular formula is C9H12O6S. The Kier molecular flexibility index (Phi) is 5.44. The van der Waals surface area contributed by atoms with Crippen LogP contribution in [0.1, 0.15) is 6.92 Å². The maximum atomic E-state index is 11.0. The van der Waals surface area contributed by atoms with Crippen molar-refractivity contribution in [2.45, 2.75) is 6.92 Å². The predicted molar refractivity (Wildman–Crippen MR) is 55.8 cm³/mol. The van der Waals surface area contributed by atoms with Gasteiger partial charge in [0.15, 0.2) is 0 Å². The smallest absolute Gasteiger partial charge is 0.345 e. The zero-order chi connectivity index (χ0) is 12.8.